The second-order valence-corrected chi connectivity index (χ2v) is 4.89. The molecule has 82 valence electrons. The first-order chi connectivity index (χ1) is 7.06. The average Bonchev–Trinajstić information content (AvgIpc) is 2.21. The van der Waals surface area contributed by atoms with Gasteiger partial charge >= 0.3 is 0 Å². The van der Waals surface area contributed by atoms with E-state index in [1.54, 1.807) is 0 Å². The second kappa shape index (κ2) is 5.45. The van der Waals surface area contributed by atoms with Crippen molar-refractivity contribution in [2.24, 2.45) is 5.92 Å². The molecule has 0 bridgehead atoms. The molecule has 1 aromatic carbocycles. The Morgan fingerprint density at radius 3 is 2.73 bits per heavy atom. The Labute approximate surface area is 100 Å². The minimum absolute atomic E-state index is 0.119. The summed E-state index contributed by atoms with van der Waals surface area (Å²) in [6, 6.07) is 5.91. The van der Waals surface area contributed by atoms with Gasteiger partial charge in [0.25, 0.3) is 0 Å². The van der Waals surface area contributed by atoms with Gasteiger partial charge in [0.2, 0.25) is 0 Å². The number of carbonyl (C=O) groups excluding carboxylic acids is 1. The molecule has 0 saturated carbocycles. The number of ketones is 1. The highest BCUT2D eigenvalue weighted by Crippen LogP contribution is 2.22. The van der Waals surface area contributed by atoms with Gasteiger partial charge in [0, 0.05) is 16.0 Å². The van der Waals surface area contributed by atoms with E-state index in [-0.39, 0.29) is 11.7 Å². The standard InChI is InChI=1S/C13H17BrO/c1-4-5-10(3)13(15)11-8-9(2)6-7-12(11)14/h6-8,10H,4-5H2,1-3H3. The van der Waals surface area contributed by atoms with Crippen LogP contribution in [0.2, 0.25) is 0 Å². The molecule has 1 atom stereocenters. The van der Waals surface area contributed by atoms with Crippen LogP contribution in [0.25, 0.3) is 0 Å². The third-order valence-corrected chi connectivity index (χ3v) is 3.25. The number of carbonyl (C=O) groups is 1. The molecule has 2 heteroatoms. The third-order valence-electron chi connectivity index (χ3n) is 2.56. The number of benzene rings is 1. The summed E-state index contributed by atoms with van der Waals surface area (Å²) in [7, 11) is 0. The summed E-state index contributed by atoms with van der Waals surface area (Å²) in [5.41, 5.74) is 1.95. The molecule has 0 amide bonds. The van der Waals surface area contributed by atoms with Crippen LogP contribution in [0.1, 0.15) is 42.6 Å². The van der Waals surface area contributed by atoms with Crippen LogP contribution in [0.15, 0.2) is 22.7 Å². The fraction of sp³-hybridized carbons (Fsp3) is 0.462. The van der Waals surface area contributed by atoms with Crippen LogP contribution in [0.3, 0.4) is 0 Å². The maximum atomic E-state index is 12.1. The molecule has 1 aromatic rings. The van der Waals surface area contributed by atoms with Gasteiger partial charge in [0.15, 0.2) is 5.78 Å². The van der Waals surface area contributed by atoms with Crippen LogP contribution in [0.4, 0.5) is 0 Å². The minimum atomic E-state index is 0.119. The van der Waals surface area contributed by atoms with Crippen molar-refractivity contribution in [2.75, 3.05) is 0 Å². The highest BCUT2D eigenvalue weighted by molar-refractivity contribution is 9.10. The summed E-state index contributed by atoms with van der Waals surface area (Å²) >= 11 is 3.43. The minimum Gasteiger partial charge on any atom is -0.294 e. The number of hydrogen-bond donors (Lipinski definition) is 0. The summed E-state index contributed by atoms with van der Waals surface area (Å²) in [5, 5.41) is 0. The summed E-state index contributed by atoms with van der Waals surface area (Å²) < 4.78 is 0.904. The molecule has 0 aliphatic carbocycles. The maximum absolute atomic E-state index is 12.1. The average molecular weight is 269 g/mol. The van der Waals surface area contributed by atoms with E-state index in [1.807, 2.05) is 32.0 Å². The first-order valence-corrected chi connectivity index (χ1v) is 6.16. The summed E-state index contributed by atoms with van der Waals surface area (Å²) in [6.45, 7) is 6.11. The molecular weight excluding hydrogens is 252 g/mol. The number of aryl methyl sites for hydroxylation is 1. The zero-order chi connectivity index (χ0) is 11.4. The Hall–Kier alpha value is -0.630. The lowest BCUT2D eigenvalue weighted by Gasteiger charge is -2.11. The van der Waals surface area contributed by atoms with Gasteiger partial charge in [-0.3, -0.25) is 4.79 Å². The second-order valence-electron chi connectivity index (χ2n) is 4.04. The van der Waals surface area contributed by atoms with Gasteiger partial charge in [-0.25, -0.2) is 0 Å². The van der Waals surface area contributed by atoms with E-state index in [2.05, 4.69) is 22.9 Å². The molecule has 0 radical (unpaired) electrons. The molecule has 0 fully saturated rings. The van der Waals surface area contributed by atoms with Crippen molar-refractivity contribution in [3.05, 3.63) is 33.8 Å². The molecule has 0 heterocycles. The van der Waals surface area contributed by atoms with Gasteiger partial charge in [0.1, 0.15) is 0 Å². The number of Topliss-reactive ketones (excluding diaryl/α,β-unsaturated/α-hetero) is 1. The predicted molar refractivity (Wildman–Crippen MR) is 67.3 cm³/mol. The quantitative estimate of drug-likeness (QED) is 0.741. The fourth-order valence-electron chi connectivity index (χ4n) is 1.66. The van der Waals surface area contributed by atoms with Gasteiger partial charge in [-0.1, -0.05) is 47.8 Å². The Balaban J connectivity index is 2.95. The molecule has 0 saturated heterocycles. The highest BCUT2D eigenvalue weighted by atomic mass is 79.9. The Morgan fingerprint density at radius 1 is 1.47 bits per heavy atom. The smallest absolute Gasteiger partial charge is 0.166 e. The van der Waals surface area contributed by atoms with Crippen LogP contribution in [0, 0.1) is 12.8 Å². The molecule has 0 N–H and O–H groups in total. The van der Waals surface area contributed by atoms with Gasteiger partial charge in [-0.05, 0) is 25.5 Å². The van der Waals surface area contributed by atoms with E-state index >= 15 is 0 Å². The Bertz CT molecular complexity index is 358. The first-order valence-electron chi connectivity index (χ1n) is 5.36. The van der Waals surface area contributed by atoms with Crippen molar-refractivity contribution in [1.29, 1.82) is 0 Å². The molecule has 0 spiro atoms. The molecule has 1 unspecified atom stereocenters. The van der Waals surface area contributed by atoms with Crippen molar-refractivity contribution in [3.8, 4) is 0 Å². The van der Waals surface area contributed by atoms with Crippen molar-refractivity contribution < 1.29 is 4.79 Å². The number of hydrogen-bond acceptors (Lipinski definition) is 1. The fourth-order valence-corrected chi connectivity index (χ4v) is 2.10. The SMILES string of the molecule is CCCC(C)C(=O)c1cc(C)ccc1Br. The monoisotopic (exact) mass is 268 g/mol. The largest absolute Gasteiger partial charge is 0.294 e. The topological polar surface area (TPSA) is 17.1 Å². The van der Waals surface area contributed by atoms with Crippen LogP contribution < -0.4 is 0 Å². The molecular formula is C13H17BrO. The number of halogens is 1. The van der Waals surface area contributed by atoms with Crippen LogP contribution in [-0.2, 0) is 0 Å². The number of rotatable bonds is 4. The normalized spacial score (nSPS) is 12.5. The zero-order valence-electron chi connectivity index (χ0n) is 9.51. The summed E-state index contributed by atoms with van der Waals surface area (Å²) in [5.74, 6) is 0.362. The van der Waals surface area contributed by atoms with Crippen molar-refractivity contribution in [2.45, 2.75) is 33.6 Å². The molecule has 1 nitrogen and oxygen atoms in total. The van der Waals surface area contributed by atoms with E-state index in [4.69, 9.17) is 0 Å². The van der Waals surface area contributed by atoms with E-state index in [9.17, 15) is 4.79 Å². The Morgan fingerprint density at radius 2 is 2.13 bits per heavy atom. The first kappa shape index (κ1) is 12.4. The van der Waals surface area contributed by atoms with Crippen molar-refractivity contribution >= 4 is 21.7 Å². The Kier molecular flexibility index (Phi) is 4.52. The molecule has 1 rings (SSSR count). The molecule has 0 aliphatic rings. The zero-order valence-corrected chi connectivity index (χ0v) is 11.1. The lowest BCUT2D eigenvalue weighted by molar-refractivity contribution is 0.0922. The van der Waals surface area contributed by atoms with Gasteiger partial charge < -0.3 is 0 Å². The van der Waals surface area contributed by atoms with Gasteiger partial charge in [0.05, 0.1) is 0 Å². The lowest BCUT2D eigenvalue weighted by Crippen LogP contribution is -2.11. The molecule has 0 aromatic heterocycles. The summed E-state index contributed by atoms with van der Waals surface area (Å²) in [4.78, 5) is 12.1. The predicted octanol–water partition coefficient (Wildman–Crippen LogP) is 4.38. The van der Waals surface area contributed by atoms with Crippen LogP contribution in [-0.4, -0.2) is 5.78 Å². The van der Waals surface area contributed by atoms with Crippen LogP contribution in [0.5, 0.6) is 0 Å². The maximum Gasteiger partial charge on any atom is 0.166 e. The molecule has 0 aliphatic heterocycles. The third kappa shape index (κ3) is 3.16. The van der Waals surface area contributed by atoms with Crippen LogP contribution >= 0.6 is 15.9 Å². The van der Waals surface area contributed by atoms with E-state index < -0.39 is 0 Å². The lowest BCUT2D eigenvalue weighted by atomic mass is 9.94. The summed E-state index contributed by atoms with van der Waals surface area (Å²) in [6.07, 6.45) is 2.01. The molecule has 15 heavy (non-hydrogen) atoms. The van der Waals surface area contributed by atoms with Gasteiger partial charge in [-0.2, -0.15) is 0 Å². The van der Waals surface area contributed by atoms with E-state index in [0.29, 0.717) is 0 Å². The van der Waals surface area contributed by atoms with E-state index in [1.165, 1.54) is 0 Å². The highest BCUT2D eigenvalue weighted by Gasteiger charge is 2.16. The van der Waals surface area contributed by atoms with Crippen molar-refractivity contribution in [1.82, 2.24) is 0 Å². The van der Waals surface area contributed by atoms with Gasteiger partial charge in [-0.15, -0.1) is 0 Å². The van der Waals surface area contributed by atoms with Crippen molar-refractivity contribution in [3.63, 3.8) is 0 Å². The van der Waals surface area contributed by atoms with E-state index in [0.717, 1.165) is 28.4 Å².